The summed E-state index contributed by atoms with van der Waals surface area (Å²) < 4.78 is 59.3. The summed E-state index contributed by atoms with van der Waals surface area (Å²) in [6, 6.07) is 12.4. The number of nitrogens with one attached hydrogen (secondary N) is 3. The lowest BCUT2D eigenvalue weighted by molar-refractivity contribution is 0.484. The van der Waals surface area contributed by atoms with E-state index < -0.39 is 46.9 Å². The Labute approximate surface area is 185 Å². The Hall–Kier alpha value is -3.35. The maximum atomic E-state index is 13.0. The molecular weight excluding hydrogens is 482 g/mol. The molecule has 13 heteroatoms. The Balaban J connectivity index is 1.74. The quantitative estimate of drug-likeness (QED) is 0.369. The van der Waals surface area contributed by atoms with E-state index in [0.717, 1.165) is 18.2 Å². The Morgan fingerprint density at radius 1 is 0.938 bits per heavy atom. The predicted molar refractivity (Wildman–Crippen MR) is 117 cm³/mol. The summed E-state index contributed by atoms with van der Waals surface area (Å²) in [4.78, 5) is 26.7. The monoisotopic (exact) mass is 495 g/mol. The van der Waals surface area contributed by atoms with Gasteiger partial charge in [-0.3, -0.25) is 14.5 Å². The molecule has 2 aromatic heterocycles. The molecule has 4 rings (SSSR count). The molecule has 32 heavy (non-hydrogen) atoms. The first kappa shape index (κ1) is 21.9. The van der Waals surface area contributed by atoms with Crippen molar-refractivity contribution in [1.82, 2.24) is 9.97 Å². The third-order valence-corrected chi connectivity index (χ3v) is 7.52. The van der Waals surface area contributed by atoms with Gasteiger partial charge >= 0.3 is 5.69 Å². The van der Waals surface area contributed by atoms with Gasteiger partial charge in [-0.05, 0) is 24.3 Å². The molecule has 3 N–H and O–H groups in total. The van der Waals surface area contributed by atoms with Gasteiger partial charge in [0.2, 0.25) is 5.09 Å². The fourth-order valence-corrected chi connectivity index (χ4v) is 5.74. The summed E-state index contributed by atoms with van der Waals surface area (Å²) in [5, 5.41) is 0.210. The van der Waals surface area contributed by atoms with E-state index in [9.17, 15) is 26.4 Å². The summed E-state index contributed by atoms with van der Waals surface area (Å²) in [5.74, 6) is -0.757. The first-order valence-electron chi connectivity index (χ1n) is 8.90. The Kier molecular flexibility index (Phi) is 5.44. The van der Waals surface area contributed by atoms with Crippen LogP contribution in [0.4, 0.5) is 5.69 Å². The van der Waals surface area contributed by atoms with Crippen molar-refractivity contribution in [1.29, 1.82) is 0 Å². The van der Waals surface area contributed by atoms with Crippen molar-refractivity contribution >= 4 is 48.1 Å². The van der Waals surface area contributed by atoms with Crippen LogP contribution < -0.4 is 16.0 Å². The van der Waals surface area contributed by atoms with Gasteiger partial charge in [-0.2, -0.15) is 8.42 Å². The lowest BCUT2D eigenvalue weighted by Crippen LogP contribution is -2.24. The number of halogens is 1. The van der Waals surface area contributed by atoms with Gasteiger partial charge in [-0.15, -0.1) is 0 Å². The van der Waals surface area contributed by atoms with Crippen LogP contribution in [0.2, 0.25) is 5.02 Å². The fourth-order valence-electron chi connectivity index (χ4n) is 3.02. The van der Waals surface area contributed by atoms with E-state index in [0.29, 0.717) is 11.0 Å². The minimum atomic E-state index is -4.31. The number of para-hydroxylation sites is 1. The molecule has 0 spiro atoms. The van der Waals surface area contributed by atoms with E-state index in [-0.39, 0.29) is 16.4 Å². The Bertz CT molecular complexity index is 1610. The van der Waals surface area contributed by atoms with Gasteiger partial charge in [0, 0.05) is 28.2 Å². The number of sulfonamides is 1. The highest BCUT2D eigenvalue weighted by molar-refractivity contribution is 7.93. The van der Waals surface area contributed by atoms with Crippen LogP contribution in [0.25, 0.3) is 11.0 Å². The zero-order valence-electron chi connectivity index (χ0n) is 16.0. The number of anilines is 1. The lowest BCUT2D eigenvalue weighted by atomic mass is 10.3. The number of furan rings is 1. The number of hydrogen-bond donors (Lipinski definition) is 3. The maximum Gasteiger partial charge on any atom is 0.325 e. The summed E-state index contributed by atoms with van der Waals surface area (Å²) in [5.41, 5.74) is -1.79. The minimum Gasteiger partial charge on any atom is -0.443 e. The largest absolute Gasteiger partial charge is 0.443 e. The smallest absolute Gasteiger partial charge is 0.325 e. The molecule has 0 bridgehead atoms. The average Bonchev–Trinajstić information content (AvgIpc) is 3.11. The molecule has 0 amide bonds. The third-order valence-electron chi connectivity index (χ3n) is 4.35. The van der Waals surface area contributed by atoms with Crippen LogP contribution in [-0.2, 0) is 25.6 Å². The van der Waals surface area contributed by atoms with Crippen LogP contribution in [0.1, 0.15) is 5.69 Å². The SMILES string of the molecule is O=c1cc(CS(=O)(=O)c2ccc(Cl)cc2NS(=O)(=O)c2cc3ccccc3o2)[nH]c(=O)[nH]1. The van der Waals surface area contributed by atoms with E-state index >= 15 is 0 Å². The van der Waals surface area contributed by atoms with Crippen molar-refractivity contribution < 1.29 is 21.3 Å². The van der Waals surface area contributed by atoms with Crippen molar-refractivity contribution in [3.05, 3.63) is 86.2 Å². The molecule has 166 valence electrons. The van der Waals surface area contributed by atoms with E-state index in [4.69, 9.17) is 16.0 Å². The number of hydrogen-bond acceptors (Lipinski definition) is 7. The molecular formula is C19H14ClN3O7S2. The Morgan fingerprint density at radius 3 is 2.41 bits per heavy atom. The van der Waals surface area contributed by atoms with Gasteiger partial charge in [-0.25, -0.2) is 13.2 Å². The maximum absolute atomic E-state index is 13.0. The number of H-pyrrole nitrogens is 2. The van der Waals surface area contributed by atoms with Gasteiger partial charge < -0.3 is 9.40 Å². The van der Waals surface area contributed by atoms with Gasteiger partial charge in [0.15, 0.2) is 9.84 Å². The molecule has 0 fully saturated rings. The van der Waals surface area contributed by atoms with Crippen molar-refractivity contribution in [2.24, 2.45) is 0 Å². The van der Waals surface area contributed by atoms with Crippen molar-refractivity contribution in [3.63, 3.8) is 0 Å². The number of aromatic amines is 2. The van der Waals surface area contributed by atoms with E-state index in [1.54, 1.807) is 24.3 Å². The summed E-state index contributed by atoms with van der Waals surface area (Å²) >= 11 is 5.96. The molecule has 0 saturated heterocycles. The summed E-state index contributed by atoms with van der Waals surface area (Å²) in [7, 11) is -8.53. The molecule has 0 atom stereocenters. The molecule has 4 aromatic rings. The highest BCUT2D eigenvalue weighted by Crippen LogP contribution is 2.31. The summed E-state index contributed by atoms with van der Waals surface area (Å²) in [6.07, 6.45) is 0. The molecule has 0 saturated carbocycles. The predicted octanol–water partition coefficient (Wildman–Crippen LogP) is 2.24. The number of benzene rings is 2. The average molecular weight is 496 g/mol. The first-order valence-corrected chi connectivity index (χ1v) is 12.4. The zero-order valence-corrected chi connectivity index (χ0v) is 18.3. The lowest BCUT2D eigenvalue weighted by Gasteiger charge is -2.12. The normalized spacial score (nSPS) is 12.2. The second-order valence-corrected chi connectivity index (χ2v) is 10.7. The Morgan fingerprint density at radius 2 is 1.69 bits per heavy atom. The van der Waals surface area contributed by atoms with E-state index in [1.807, 2.05) is 4.98 Å². The zero-order chi connectivity index (χ0) is 23.1. The van der Waals surface area contributed by atoms with Crippen LogP contribution in [0, 0.1) is 0 Å². The molecule has 0 unspecified atom stereocenters. The van der Waals surface area contributed by atoms with E-state index in [1.165, 1.54) is 12.1 Å². The second-order valence-electron chi connectivity index (χ2n) is 6.72. The van der Waals surface area contributed by atoms with Gasteiger partial charge in [-0.1, -0.05) is 29.8 Å². The third kappa shape index (κ3) is 4.47. The van der Waals surface area contributed by atoms with E-state index in [2.05, 4.69) is 9.71 Å². The molecule has 2 heterocycles. The van der Waals surface area contributed by atoms with Crippen LogP contribution in [-0.4, -0.2) is 26.8 Å². The molecule has 0 aliphatic rings. The molecule has 0 aliphatic heterocycles. The van der Waals surface area contributed by atoms with Gasteiger partial charge in [0.1, 0.15) is 5.58 Å². The summed E-state index contributed by atoms with van der Waals surface area (Å²) in [6.45, 7) is 0. The fraction of sp³-hybridized carbons (Fsp3) is 0.0526. The van der Waals surface area contributed by atoms with Crippen molar-refractivity contribution in [2.45, 2.75) is 15.7 Å². The van der Waals surface area contributed by atoms with Crippen LogP contribution in [0.15, 0.2) is 78.6 Å². The molecule has 0 radical (unpaired) electrons. The number of sulfone groups is 1. The molecule has 2 aromatic carbocycles. The molecule has 0 aliphatic carbocycles. The highest BCUT2D eigenvalue weighted by Gasteiger charge is 2.26. The van der Waals surface area contributed by atoms with Gasteiger partial charge in [0.25, 0.3) is 15.6 Å². The number of rotatable bonds is 6. The second kappa shape index (κ2) is 7.97. The highest BCUT2D eigenvalue weighted by atomic mass is 35.5. The molecule has 10 nitrogen and oxygen atoms in total. The van der Waals surface area contributed by atoms with Crippen LogP contribution in [0.5, 0.6) is 0 Å². The number of aromatic nitrogens is 2. The standard InChI is InChI=1S/C19H14ClN3O7S2/c20-12-5-6-16(31(26,27)10-13-9-17(24)22-19(25)21-13)14(8-12)23-32(28,29)18-7-11-3-1-2-4-15(11)30-18/h1-9,23H,10H2,(H2,21,22,24,25). The van der Waals surface area contributed by atoms with Crippen LogP contribution >= 0.6 is 11.6 Å². The topological polar surface area (TPSA) is 159 Å². The van der Waals surface area contributed by atoms with Crippen molar-refractivity contribution in [3.8, 4) is 0 Å². The number of fused-ring (bicyclic) bond motifs is 1. The van der Waals surface area contributed by atoms with Gasteiger partial charge in [0.05, 0.1) is 16.3 Å². The minimum absolute atomic E-state index is 0.0795. The first-order chi connectivity index (χ1) is 15.0. The van der Waals surface area contributed by atoms with Crippen LogP contribution in [0.3, 0.4) is 0 Å². The van der Waals surface area contributed by atoms with Crippen molar-refractivity contribution in [2.75, 3.05) is 4.72 Å².